The highest BCUT2D eigenvalue weighted by atomic mass is 16.3. The van der Waals surface area contributed by atoms with Crippen LogP contribution >= 0.6 is 0 Å². The van der Waals surface area contributed by atoms with Crippen molar-refractivity contribution in [2.45, 2.75) is 32.7 Å². The van der Waals surface area contributed by atoms with Crippen molar-refractivity contribution in [2.75, 3.05) is 7.05 Å². The molecule has 0 bridgehead atoms. The van der Waals surface area contributed by atoms with Crippen LogP contribution in [0.3, 0.4) is 0 Å². The van der Waals surface area contributed by atoms with Crippen LogP contribution in [0.25, 0.3) is 11.0 Å². The lowest BCUT2D eigenvalue weighted by atomic mass is 10.1. The monoisotopic (exact) mass is 257 g/mol. The summed E-state index contributed by atoms with van der Waals surface area (Å²) in [4.78, 5) is 13.9. The van der Waals surface area contributed by atoms with Crippen LogP contribution in [-0.2, 0) is 17.8 Å². The van der Waals surface area contributed by atoms with E-state index >= 15 is 0 Å². The van der Waals surface area contributed by atoms with E-state index in [0.717, 1.165) is 41.6 Å². The summed E-state index contributed by atoms with van der Waals surface area (Å²) < 4.78 is 5.87. The molecule has 1 heterocycles. The molecule has 0 aliphatic heterocycles. The van der Waals surface area contributed by atoms with Crippen molar-refractivity contribution in [1.82, 2.24) is 4.90 Å². The average molecular weight is 257 g/mol. The second kappa shape index (κ2) is 4.72. The lowest BCUT2D eigenvalue weighted by molar-refractivity contribution is -0.131. The van der Waals surface area contributed by atoms with E-state index in [-0.39, 0.29) is 11.8 Å². The predicted molar refractivity (Wildman–Crippen MR) is 74.8 cm³/mol. The number of hydrogen-bond donors (Lipinski definition) is 0. The van der Waals surface area contributed by atoms with E-state index < -0.39 is 0 Å². The van der Waals surface area contributed by atoms with Gasteiger partial charge in [-0.2, -0.15) is 0 Å². The zero-order valence-electron chi connectivity index (χ0n) is 11.5. The zero-order valence-corrected chi connectivity index (χ0v) is 11.5. The van der Waals surface area contributed by atoms with Gasteiger partial charge in [-0.1, -0.05) is 25.1 Å². The Morgan fingerprint density at radius 3 is 2.79 bits per heavy atom. The first kappa shape index (κ1) is 12.3. The van der Waals surface area contributed by atoms with Gasteiger partial charge >= 0.3 is 0 Å². The number of furan rings is 1. The number of fused-ring (bicyclic) bond motifs is 1. The van der Waals surface area contributed by atoms with Crippen molar-refractivity contribution in [3.05, 3.63) is 35.6 Å². The minimum absolute atomic E-state index is 0.271. The van der Waals surface area contributed by atoms with Gasteiger partial charge in [0.1, 0.15) is 11.3 Å². The number of amides is 1. The summed E-state index contributed by atoms with van der Waals surface area (Å²) >= 11 is 0. The van der Waals surface area contributed by atoms with Crippen molar-refractivity contribution in [3.8, 4) is 0 Å². The molecule has 100 valence electrons. The number of benzene rings is 1. The van der Waals surface area contributed by atoms with Crippen LogP contribution in [0.1, 0.15) is 31.1 Å². The zero-order chi connectivity index (χ0) is 13.4. The Morgan fingerprint density at radius 1 is 1.37 bits per heavy atom. The number of hydrogen-bond acceptors (Lipinski definition) is 2. The fourth-order valence-electron chi connectivity index (χ4n) is 2.57. The van der Waals surface area contributed by atoms with E-state index in [4.69, 9.17) is 4.42 Å². The first-order valence-corrected chi connectivity index (χ1v) is 6.95. The average Bonchev–Trinajstić information content (AvgIpc) is 3.22. The third kappa shape index (κ3) is 2.25. The molecule has 1 aliphatic rings. The largest absolute Gasteiger partial charge is 0.461 e. The maximum atomic E-state index is 12.1. The predicted octanol–water partition coefficient (Wildman–Crippen LogP) is 3.36. The van der Waals surface area contributed by atoms with Gasteiger partial charge in [0.2, 0.25) is 5.91 Å². The molecule has 1 aliphatic carbocycles. The Balaban J connectivity index is 1.92. The van der Waals surface area contributed by atoms with Gasteiger partial charge in [-0.3, -0.25) is 4.79 Å². The summed E-state index contributed by atoms with van der Waals surface area (Å²) in [6.07, 6.45) is 2.96. The second-order valence-electron chi connectivity index (χ2n) is 5.32. The van der Waals surface area contributed by atoms with E-state index in [1.807, 2.05) is 30.1 Å². The number of nitrogens with zero attached hydrogens (tertiary/aromatic N) is 1. The van der Waals surface area contributed by atoms with Gasteiger partial charge in [0.15, 0.2) is 0 Å². The Labute approximate surface area is 113 Å². The van der Waals surface area contributed by atoms with Crippen molar-refractivity contribution >= 4 is 16.9 Å². The first-order chi connectivity index (χ1) is 9.20. The molecule has 0 radical (unpaired) electrons. The summed E-state index contributed by atoms with van der Waals surface area (Å²) in [5, 5.41) is 1.13. The highest BCUT2D eigenvalue weighted by Crippen LogP contribution is 2.32. The van der Waals surface area contributed by atoms with Gasteiger partial charge in [-0.25, -0.2) is 0 Å². The standard InChI is InChI=1S/C16H19NO2/c1-3-14-13(10-17(2)16(18)11-8-9-11)12-6-4-5-7-15(12)19-14/h4-7,11H,3,8-10H2,1-2H3. The lowest BCUT2D eigenvalue weighted by Gasteiger charge is -2.17. The van der Waals surface area contributed by atoms with Crippen molar-refractivity contribution < 1.29 is 9.21 Å². The van der Waals surface area contributed by atoms with Crippen LogP contribution in [-0.4, -0.2) is 17.9 Å². The van der Waals surface area contributed by atoms with Gasteiger partial charge in [-0.15, -0.1) is 0 Å². The Hall–Kier alpha value is -1.77. The quantitative estimate of drug-likeness (QED) is 0.841. The Morgan fingerprint density at radius 2 is 2.11 bits per heavy atom. The Kier molecular flexibility index (Phi) is 3.05. The maximum Gasteiger partial charge on any atom is 0.225 e. The fourth-order valence-corrected chi connectivity index (χ4v) is 2.57. The van der Waals surface area contributed by atoms with Gasteiger partial charge in [0.05, 0.1) is 0 Å². The molecule has 1 aromatic heterocycles. The molecular formula is C16H19NO2. The number of carbonyl (C=O) groups excluding carboxylic acids is 1. The molecule has 0 atom stereocenters. The minimum atomic E-state index is 0.271. The normalized spacial score (nSPS) is 14.8. The molecule has 0 spiro atoms. The smallest absolute Gasteiger partial charge is 0.225 e. The molecule has 19 heavy (non-hydrogen) atoms. The van der Waals surface area contributed by atoms with Crippen LogP contribution < -0.4 is 0 Å². The van der Waals surface area contributed by atoms with Crippen LogP contribution in [0.15, 0.2) is 28.7 Å². The van der Waals surface area contributed by atoms with E-state index in [2.05, 4.69) is 13.0 Å². The van der Waals surface area contributed by atoms with Crippen molar-refractivity contribution in [1.29, 1.82) is 0 Å². The lowest BCUT2D eigenvalue weighted by Crippen LogP contribution is -2.27. The number of carbonyl (C=O) groups is 1. The van der Waals surface area contributed by atoms with Gasteiger partial charge in [-0.05, 0) is 18.9 Å². The molecule has 1 saturated carbocycles. The maximum absolute atomic E-state index is 12.1. The van der Waals surface area contributed by atoms with Crippen LogP contribution in [0.4, 0.5) is 0 Å². The highest BCUT2D eigenvalue weighted by Gasteiger charge is 2.32. The molecule has 3 rings (SSSR count). The summed E-state index contributed by atoms with van der Waals surface area (Å²) in [5.41, 5.74) is 2.08. The summed E-state index contributed by atoms with van der Waals surface area (Å²) in [6.45, 7) is 2.74. The van der Waals surface area contributed by atoms with Crippen LogP contribution in [0.5, 0.6) is 0 Å². The van der Waals surface area contributed by atoms with E-state index in [1.54, 1.807) is 0 Å². The van der Waals surface area contributed by atoms with Crippen LogP contribution in [0.2, 0.25) is 0 Å². The number of aryl methyl sites for hydroxylation is 1. The third-order valence-corrected chi connectivity index (χ3v) is 3.80. The van der Waals surface area contributed by atoms with Gasteiger partial charge in [0, 0.05) is 36.9 Å². The molecule has 3 nitrogen and oxygen atoms in total. The van der Waals surface area contributed by atoms with E-state index in [0.29, 0.717) is 6.54 Å². The van der Waals surface area contributed by atoms with Crippen molar-refractivity contribution in [2.24, 2.45) is 5.92 Å². The second-order valence-corrected chi connectivity index (χ2v) is 5.32. The SMILES string of the molecule is CCc1oc2ccccc2c1CN(C)C(=O)C1CC1. The molecule has 0 unspecified atom stereocenters. The molecule has 0 N–H and O–H groups in total. The molecule has 1 fully saturated rings. The highest BCUT2D eigenvalue weighted by molar-refractivity contribution is 5.84. The molecule has 3 heteroatoms. The van der Waals surface area contributed by atoms with Crippen molar-refractivity contribution in [3.63, 3.8) is 0 Å². The number of para-hydroxylation sites is 1. The topological polar surface area (TPSA) is 33.5 Å². The van der Waals surface area contributed by atoms with E-state index in [9.17, 15) is 4.79 Å². The first-order valence-electron chi connectivity index (χ1n) is 6.95. The summed E-state index contributed by atoms with van der Waals surface area (Å²) in [5.74, 6) is 1.54. The summed E-state index contributed by atoms with van der Waals surface area (Å²) in [7, 11) is 1.89. The third-order valence-electron chi connectivity index (χ3n) is 3.80. The fraction of sp³-hybridized carbons (Fsp3) is 0.438. The molecule has 1 amide bonds. The van der Waals surface area contributed by atoms with Crippen LogP contribution in [0, 0.1) is 5.92 Å². The van der Waals surface area contributed by atoms with E-state index in [1.165, 1.54) is 0 Å². The molecule has 0 saturated heterocycles. The van der Waals surface area contributed by atoms with Gasteiger partial charge < -0.3 is 9.32 Å². The number of rotatable bonds is 4. The summed E-state index contributed by atoms with van der Waals surface area (Å²) in [6, 6.07) is 8.06. The minimum Gasteiger partial charge on any atom is -0.461 e. The van der Waals surface area contributed by atoms with Gasteiger partial charge in [0.25, 0.3) is 0 Å². The molecule has 2 aromatic rings. The molecular weight excluding hydrogens is 238 g/mol. The Bertz CT molecular complexity index is 610. The molecule has 1 aromatic carbocycles.